The first-order valence-electron chi connectivity index (χ1n) is 10.7. The highest BCUT2D eigenvalue weighted by Gasteiger charge is 2.72. The van der Waals surface area contributed by atoms with Crippen molar-refractivity contribution in [2.75, 3.05) is 20.2 Å². The Hall–Kier alpha value is -2.05. The Morgan fingerprint density at radius 2 is 2.21 bits per heavy atom. The van der Waals surface area contributed by atoms with Gasteiger partial charge in [-0.25, -0.2) is 4.79 Å². The van der Waals surface area contributed by atoms with Crippen LogP contribution in [0.5, 0.6) is 11.5 Å². The summed E-state index contributed by atoms with van der Waals surface area (Å²) in [5.74, 6) is 0.978. The Bertz CT molecular complexity index is 937. The van der Waals surface area contributed by atoms with E-state index in [2.05, 4.69) is 4.90 Å². The molecule has 2 bridgehead atoms. The molecule has 1 saturated heterocycles. The van der Waals surface area contributed by atoms with Gasteiger partial charge >= 0.3 is 5.97 Å². The van der Waals surface area contributed by atoms with Gasteiger partial charge in [0.1, 0.15) is 6.10 Å². The largest absolute Gasteiger partial charge is 0.504 e. The van der Waals surface area contributed by atoms with Crippen LogP contribution < -0.4 is 4.74 Å². The Labute approximate surface area is 170 Å². The fraction of sp³-hybridized carbons (Fsp3) is 0.609. The number of carbonyl (C=O) groups excluding carboxylic acids is 1. The van der Waals surface area contributed by atoms with E-state index >= 15 is 0 Å². The molecule has 4 atom stereocenters. The van der Waals surface area contributed by atoms with Crippen LogP contribution >= 0.6 is 0 Å². The third kappa shape index (κ3) is 2.16. The lowest BCUT2D eigenvalue weighted by Crippen LogP contribution is -2.75. The van der Waals surface area contributed by atoms with Gasteiger partial charge in [0.2, 0.25) is 0 Å². The van der Waals surface area contributed by atoms with Gasteiger partial charge in [0, 0.05) is 24.2 Å². The number of aliphatic hydroxyl groups is 1. The van der Waals surface area contributed by atoms with Gasteiger partial charge < -0.3 is 19.7 Å². The summed E-state index contributed by atoms with van der Waals surface area (Å²) in [7, 11) is 1.37. The standard InChI is InChI=1S/C23H27NO5/c1-28-18(26)11-15-6-7-23(27)17-10-14-4-5-16(25)20-19(14)22(23,21(15)29-20)8-9-24(17)12-13-2-3-13/h4-5,11,13,17,21,25,27H,2-3,6-10,12H2,1H3/b15-11-/t17-,21?,22+,23-/m1/s1. The highest BCUT2D eigenvalue weighted by atomic mass is 16.5. The summed E-state index contributed by atoms with van der Waals surface area (Å²) >= 11 is 0. The van der Waals surface area contributed by atoms with E-state index in [9.17, 15) is 15.0 Å². The topological polar surface area (TPSA) is 79.2 Å². The van der Waals surface area contributed by atoms with E-state index in [1.54, 1.807) is 6.07 Å². The van der Waals surface area contributed by atoms with Crippen LogP contribution in [0.3, 0.4) is 0 Å². The number of likely N-dealkylation sites (tertiary alicyclic amines) is 1. The van der Waals surface area contributed by atoms with Gasteiger partial charge in [0.25, 0.3) is 0 Å². The molecule has 1 unspecified atom stereocenters. The number of piperidine rings is 1. The van der Waals surface area contributed by atoms with Gasteiger partial charge in [0.15, 0.2) is 11.5 Å². The molecular formula is C23H27NO5. The average Bonchev–Trinajstić information content (AvgIpc) is 3.44. The number of aromatic hydroxyl groups is 1. The van der Waals surface area contributed by atoms with Crippen LogP contribution in [0.25, 0.3) is 0 Å². The SMILES string of the molecule is COC(=O)/C=C1/CC[C@@]2(O)[C@H]3Cc4ccc(O)c5c4[C@@]2(CCN3CC2CC2)C1O5. The molecule has 0 amide bonds. The minimum absolute atomic E-state index is 0.0469. The van der Waals surface area contributed by atoms with E-state index in [0.717, 1.165) is 48.5 Å². The van der Waals surface area contributed by atoms with Crippen LogP contribution in [0.2, 0.25) is 0 Å². The van der Waals surface area contributed by atoms with Crippen molar-refractivity contribution in [3.05, 3.63) is 34.9 Å². The highest BCUT2D eigenvalue weighted by Crippen LogP contribution is 2.66. The maximum absolute atomic E-state index is 12.3. The maximum atomic E-state index is 12.3. The van der Waals surface area contributed by atoms with E-state index in [1.807, 2.05) is 6.07 Å². The zero-order chi connectivity index (χ0) is 20.0. The van der Waals surface area contributed by atoms with Gasteiger partial charge in [-0.3, -0.25) is 4.90 Å². The summed E-state index contributed by atoms with van der Waals surface area (Å²) in [5.41, 5.74) is 1.46. The molecule has 0 aromatic heterocycles. The molecule has 1 spiro atoms. The van der Waals surface area contributed by atoms with Crippen LogP contribution in [-0.2, 0) is 21.4 Å². The number of nitrogens with zero attached hydrogens (tertiary/aromatic N) is 1. The van der Waals surface area contributed by atoms with Gasteiger partial charge in [-0.2, -0.15) is 0 Å². The van der Waals surface area contributed by atoms with E-state index in [4.69, 9.17) is 9.47 Å². The number of methoxy groups -OCH3 is 1. The average molecular weight is 397 g/mol. The molecule has 3 fully saturated rings. The summed E-state index contributed by atoms with van der Waals surface area (Å²) in [6.07, 6.45) is 6.40. The molecule has 1 aromatic carbocycles. The van der Waals surface area contributed by atoms with Crippen molar-refractivity contribution < 1.29 is 24.5 Å². The molecule has 2 saturated carbocycles. The third-order valence-corrected chi connectivity index (χ3v) is 8.15. The van der Waals surface area contributed by atoms with Crippen LogP contribution in [0.4, 0.5) is 0 Å². The summed E-state index contributed by atoms with van der Waals surface area (Å²) in [6, 6.07) is 3.75. The van der Waals surface area contributed by atoms with Crippen LogP contribution in [-0.4, -0.2) is 59.0 Å². The molecule has 2 aliphatic heterocycles. The molecule has 6 heteroatoms. The number of hydrogen-bond donors (Lipinski definition) is 2. The Morgan fingerprint density at radius 3 is 2.97 bits per heavy atom. The number of carbonyl (C=O) groups is 1. The predicted octanol–water partition coefficient (Wildman–Crippen LogP) is 2.06. The lowest BCUT2D eigenvalue weighted by atomic mass is 9.48. The fourth-order valence-corrected chi connectivity index (χ4v) is 6.69. The van der Waals surface area contributed by atoms with Gasteiger partial charge in [-0.1, -0.05) is 6.07 Å². The number of hydrogen-bond acceptors (Lipinski definition) is 6. The summed E-state index contributed by atoms with van der Waals surface area (Å²) in [6.45, 7) is 1.96. The Kier molecular flexibility index (Phi) is 3.53. The number of esters is 1. The van der Waals surface area contributed by atoms with Crippen LogP contribution in [0.15, 0.2) is 23.8 Å². The molecule has 6 nitrogen and oxygen atoms in total. The van der Waals surface area contributed by atoms with E-state index in [1.165, 1.54) is 26.0 Å². The molecule has 3 aliphatic carbocycles. The number of ether oxygens (including phenoxy) is 2. The first-order chi connectivity index (χ1) is 14.0. The maximum Gasteiger partial charge on any atom is 0.330 e. The third-order valence-electron chi connectivity index (χ3n) is 8.15. The molecule has 0 radical (unpaired) electrons. The summed E-state index contributed by atoms with van der Waals surface area (Å²) in [5, 5.41) is 22.8. The van der Waals surface area contributed by atoms with Crippen molar-refractivity contribution in [1.29, 1.82) is 0 Å². The quantitative estimate of drug-likeness (QED) is 0.600. The molecule has 5 aliphatic rings. The lowest BCUT2D eigenvalue weighted by Gasteiger charge is -2.63. The minimum atomic E-state index is -0.926. The number of phenolic OH excluding ortho intramolecular Hbond substituents is 1. The molecular weight excluding hydrogens is 370 g/mol. The van der Waals surface area contributed by atoms with Crippen molar-refractivity contribution in [2.45, 2.75) is 61.7 Å². The van der Waals surface area contributed by atoms with Crippen molar-refractivity contribution in [2.24, 2.45) is 5.92 Å². The molecule has 2 heterocycles. The smallest absolute Gasteiger partial charge is 0.330 e. The molecule has 1 aromatic rings. The second-order valence-electron chi connectivity index (χ2n) is 9.49. The van der Waals surface area contributed by atoms with E-state index < -0.39 is 23.1 Å². The van der Waals surface area contributed by atoms with Gasteiger partial charge in [-0.15, -0.1) is 0 Å². The second-order valence-corrected chi connectivity index (χ2v) is 9.49. The summed E-state index contributed by atoms with van der Waals surface area (Å²) in [4.78, 5) is 14.5. The van der Waals surface area contributed by atoms with Crippen LogP contribution in [0.1, 0.15) is 43.2 Å². The first-order valence-corrected chi connectivity index (χ1v) is 10.7. The van der Waals surface area contributed by atoms with Crippen molar-refractivity contribution in [1.82, 2.24) is 4.90 Å². The van der Waals surface area contributed by atoms with E-state index in [0.29, 0.717) is 18.6 Å². The number of rotatable bonds is 3. The molecule has 6 rings (SSSR count). The highest BCUT2D eigenvalue weighted by molar-refractivity contribution is 5.83. The lowest BCUT2D eigenvalue weighted by molar-refractivity contribution is -0.175. The molecule has 154 valence electrons. The number of phenols is 1. The zero-order valence-corrected chi connectivity index (χ0v) is 16.7. The second kappa shape index (κ2) is 5.76. The Balaban J connectivity index is 1.53. The van der Waals surface area contributed by atoms with Crippen molar-refractivity contribution in [3.63, 3.8) is 0 Å². The van der Waals surface area contributed by atoms with Crippen LogP contribution in [0, 0.1) is 5.92 Å². The Morgan fingerprint density at radius 1 is 1.38 bits per heavy atom. The zero-order valence-electron chi connectivity index (χ0n) is 16.7. The monoisotopic (exact) mass is 397 g/mol. The molecule has 29 heavy (non-hydrogen) atoms. The van der Waals surface area contributed by atoms with Gasteiger partial charge in [-0.05, 0) is 68.2 Å². The van der Waals surface area contributed by atoms with E-state index in [-0.39, 0.29) is 11.8 Å². The predicted molar refractivity (Wildman–Crippen MR) is 105 cm³/mol. The van der Waals surface area contributed by atoms with Crippen molar-refractivity contribution in [3.8, 4) is 11.5 Å². The normalized spacial score (nSPS) is 38.5. The fourth-order valence-electron chi connectivity index (χ4n) is 6.69. The molecule has 2 N–H and O–H groups in total. The first kappa shape index (κ1) is 17.8. The number of benzene rings is 1. The summed E-state index contributed by atoms with van der Waals surface area (Å²) < 4.78 is 11.2. The van der Waals surface area contributed by atoms with Crippen molar-refractivity contribution >= 4 is 5.97 Å². The minimum Gasteiger partial charge on any atom is -0.504 e. The van der Waals surface area contributed by atoms with Gasteiger partial charge in [0.05, 0.1) is 18.1 Å².